The summed E-state index contributed by atoms with van der Waals surface area (Å²) < 4.78 is 1.31. The zero-order valence-corrected chi connectivity index (χ0v) is 11.8. The van der Waals surface area contributed by atoms with E-state index < -0.39 is 23.5 Å². The van der Waals surface area contributed by atoms with Gasteiger partial charge in [-0.1, -0.05) is 24.3 Å². The Morgan fingerprint density at radius 1 is 0.957 bits per heavy atom. The Hall–Kier alpha value is -3.48. The number of amides is 3. The Kier molecular flexibility index (Phi) is 3.60. The van der Waals surface area contributed by atoms with Gasteiger partial charge in [0.25, 0.3) is 11.7 Å². The van der Waals surface area contributed by atoms with Crippen LogP contribution in [-0.4, -0.2) is 27.8 Å². The Morgan fingerprint density at radius 2 is 1.57 bits per heavy atom. The minimum absolute atomic E-state index is 0.219. The highest BCUT2D eigenvalue weighted by Crippen LogP contribution is 2.17. The van der Waals surface area contributed by atoms with Gasteiger partial charge in [-0.2, -0.15) is 9.58 Å². The number of carbonyl (C=O) groups excluding carboxylic acids is 3. The predicted molar refractivity (Wildman–Crippen MR) is 78.2 cm³/mol. The zero-order chi connectivity index (χ0) is 16.4. The highest BCUT2D eigenvalue weighted by Gasteiger charge is 2.46. The maximum absolute atomic E-state index is 12.3. The van der Waals surface area contributed by atoms with Crippen molar-refractivity contribution in [1.29, 1.82) is 0 Å². The van der Waals surface area contributed by atoms with E-state index in [0.717, 1.165) is 0 Å². The lowest BCUT2D eigenvalue weighted by Gasteiger charge is -2.14. The van der Waals surface area contributed by atoms with Crippen molar-refractivity contribution in [2.45, 2.75) is 0 Å². The first kappa shape index (κ1) is 14.5. The van der Waals surface area contributed by atoms with Gasteiger partial charge in [-0.25, -0.2) is 0 Å². The van der Waals surface area contributed by atoms with Crippen LogP contribution >= 0.6 is 0 Å². The summed E-state index contributed by atoms with van der Waals surface area (Å²) in [6.07, 6.45) is 3.03. The van der Waals surface area contributed by atoms with E-state index in [1.54, 1.807) is 48.5 Å². The van der Waals surface area contributed by atoms with Crippen molar-refractivity contribution in [3.63, 3.8) is 0 Å². The number of hydrogen-bond donors (Lipinski definition) is 2. The molecule has 3 amide bonds. The van der Waals surface area contributed by atoms with Crippen LogP contribution in [0.2, 0.25) is 0 Å². The molecule has 0 radical (unpaired) electrons. The summed E-state index contributed by atoms with van der Waals surface area (Å²) in [5.74, 6) is -3.14. The fourth-order valence-corrected chi connectivity index (χ4v) is 2.14. The van der Waals surface area contributed by atoms with Gasteiger partial charge in [0, 0.05) is 17.7 Å². The van der Waals surface area contributed by atoms with Crippen LogP contribution in [0.25, 0.3) is 5.70 Å². The molecule has 1 aliphatic rings. The Morgan fingerprint density at radius 3 is 2.22 bits per heavy atom. The van der Waals surface area contributed by atoms with E-state index in [4.69, 9.17) is 0 Å². The number of hydrogen-bond acceptors (Lipinski definition) is 4. The molecule has 114 valence electrons. The molecule has 2 heterocycles. The molecule has 7 nitrogen and oxygen atoms in total. The Balaban J connectivity index is 1.86. The first-order chi connectivity index (χ1) is 11.1. The molecule has 1 aromatic carbocycles. The number of hydrazine groups is 1. The molecular formula is C16H12N3O4+. The van der Waals surface area contributed by atoms with E-state index in [-0.39, 0.29) is 11.3 Å². The van der Waals surface area contributed by atoms with Gasteiger partial charge in [-0.3, -0.25) is 19.8 Å². The molecule has 1 aliphatic heterocycles. The second-order valence-electron chi connectivity index (χ2n) is 4.73. The van der Waals surface area contributed by atoms with E-state index in [9.17, 15) is 19.5 Å². The molecule has 2 aromatic rings. The standard InChI is InChI=1S/C16H11N3O4/c20-13-12(18-9-5-2-6-10-18)15(22)19(16(13)23)17-14(21)11-7-3-1-4-8-11/h1-10H,(H-,17,20,21,22)/p+1. The van der Waals surface area contributed by atoms with Gasteiger partial charge in [0.2, 0.25) is 0 Å². The number of aliphatic hydroxyl groups excluding tert-OH is 1. The van der Waals surface area contributed by atoms with E-state index >= 15 is 0 Å². The van der Waals surface area contributed by atoms with Gasteiger partial charge in [-0.05, 0) is 12.1 Å². The van der Waals surface area contributed by atoms with Gasteiger partial charge in [-0.15, -0.1) is 0 Å². The van der Waals surface area contributed by atoms with Crippen molar-refractivity contribution in [1.82, 2.24) is 10.4 Å². The lowest BCUT2D eigenvalue weighted by molar-refractivity contribution is -0.578. The second kappa shape index (κ2) is 5.72. The molecule has 0 saturated carbocycles. The SMILES string of the molecule is O=C(NN1C(=O)C(O)=C([n+]2ccccc2)C1=O)c1ccccc1. The highest BCUT2D eigenvalue weighted by atomic mass is 16.3. The number of benzene rings is 1. The third kappa shape index (κ3) is 2.55. The van der Waals surface area contributed by atoms with Crippen LogP contribution in [0, 0.1) is 0 Å². The molecule has 0 aliphatic carbocycles. The quantitative estimate of drug-likeness (QED) is 0.635. The summed E-state index contributed by atoms with van der Waals surface area (Å²) in [6, 6.07) is 13.1. The third-order valence-electron chi connectivity index (χ3n) is 3.26. The zero-order valence-electron chi connectivity index (χ0n) is 11.8. The van der Waals surface area contributed by atoms with Crippen molar-refractivity contribution < 1.29 is 24.1 Å². The number of pyridine rings is 1. The van der Waals surface area contributed by atoms with Crippen molar-refractivity contribution in [3.8, 4) is 0 Å². The lowest BCUT2D eigenvalue weighted by Crippen LogP contribution is -2.48. The largest absolute Gasteiger partial charge is 0.498 e. The number of imide groups is 1. The van der Waals surface area contributed by atoms with Crippen molar-refractivity contribution >= 4 is 23.4 Å². The molecule has 0 atom stereocenters. The summed E-state index contributed by atoms with van der Waals surface area (Å²) in [7, 11) is 0. The maximum atomic E-state index is 12.3. The number of aliphatic hydroxyl groups is 1. The number of aromatic nitrogens is 1. The minimum Gasteiger partial charge on any atom is -0.498 e. The van der Waals surface area contributed by atoms with Gasteiger partial charge >= 0.3 is 17.5 Å². The highest BCUT2D eigenvalue weighted by molar-refractivity contribution is 6.29. The summed E-state index contributed by atoms with van der Waals surface area (Å²) in [4.78, 5) is 36.5. The van der Waals surface area contributed by atoms with Crippen molar-refractivity contribution in [3.05, 3.63) is 72.2 Å². The maximum Gasteiger partial charge on any atom is 0.349 e. The molecule has 7 heteroatoms. The summed E-state index contributed by atoms with van der Waals surface area (Å²) in [5, 5.41) is 10.4. The van der Waals surface area contributed by atoms with Gasteiger partial charge in [0.05, 0.1) is 0 Å². The molecule has 0 bridgehead atoms. The van der Waals surface area contributed by atoms with Crippen LogP contribution in [0.3, 0.4) is 0 Å². The van der Waals surface area contributed by atoms with Crippen LogP contribution in [0.4, 0.5) is 0 Å². The summed E-state index contributed by atoms with van der Waals surface area (Å²) >= 11 is 0. The van der Waals surface area contributed by atoms with Crippen LogP contribution in [0.1, 0.15) is 10.4 Å². The van der Waals surface area contributed by atoms with E-state index in [0.29, 0.717) is 5.01 Å². The predicted octanol–water partition coefficient (Wildman–Crippen LogP) is 0.415. The van der Waals surface area contributed by atoms with Crippen LogP contribution < -0.4 is 9.99 Å². The molecule has 23 heavy (non-hydrogen) atoms. The normalized spacial score (nSPS) is 14.3. The van der Waals surface area contributed by atoms with Gasteiger partial charge < -0.3 is 5.11 Å². The van der Waals surface area contributed by atoms with Crippen LogP contribution in [0.5, 0.6) is 0 Å². The third-order valence-corrected chi connectivity index (χ3v) is 3.26. The average Bonchev–Trinajstić information content (AvgIpc) is 2.80. The van der Waals surface area contributed by atoms with Gasteiger partial charge in [0.15, 0.2) is 12.4 Å². The van der Waals surface area contributed by atoms with Gasteiger partial charge in [0.1, 0.15) is 0 Å². The molecule has 0 spiro atoms. The molecule has 2 N–H and O–H groups in total. The average molecular weight is 310 g/mol. The fraction of sp³-hybridized carbons (Fsp3) is 0. The topological polar surface area (TPSA) is 90.6 Å². The number of rotatable bonds is 3. The minimum atomic E-state index is -0.981. The molecule has 0 saturated heterocycles. The van der Waals surface area contributed by atoms with Crippen LogP contribution in [-0.2, 0) is 9.59 Å². The summed E-state index contributed by atoms with van der Waals surface area (Å²) in [5.41, 5.74) is 2.27. The Labute approximate surface area is 131 Å². The van der Waals surface area contributed by atoms with Crippen LogP contribution in [0.15, 0.2) is 66.7 Å². The number of nitrogens with zero attached hydrogens (tertiary/aromatic N) is 2. The number of carbonyl (C=O) groups is 3. The first-order valence-corrected chi connectivity index (χ1v) is 6.74. The molecule has 0 unspecified atom stereocenters. The van der Waals surface area contributed by atoms with E-state index in [1.807, 2.05) is 0 Å². The Bertz CT molecular complexity index is 816. The van der Waals surface area contributed by atoms with Crippen molar-refractivity contribution in [2.24, 2.45) is 0 Å². The smallest absolute Gasteiger partial charge is 0.349 e. The molecular weight excluding hydrogens is 298 g/mol. The number of nitrogens with one attached hydrogen (secondary N) is 1. The second-order valence-corrected chi connectivity index (χ2v) is 4.73. The first-order valence-electron chi connectivity index (χ1n) is 6.74. The molecule has 0 fully saturated rings. The summed E-state index contributed by atoms with van der Waals surface area (Å²) in [6.45, 7) is 0. The molecule has 1 aromatic heterocycles. The monoisotopic (exact) mass is 310 g/mol. The molecule has 3 rings (SSSR count). The fourth-order valence-electron chi connectivity index (χ4n) is 2.14. The lowest BCUT2D eigenvalue weighted by atomic mass is 10.2. The van der Waals surface area contributed by atoms with Crippen molar-refractivity contribution in [2.75, 3.05) is 0 Å². The van der Waals surface area contributed by atoms with E-state index in [1.165, 1.54) is 17.0 Å². The van der Waals surface area contributed by atoms with E-state index in [2.05, 4.69) is 5.43 Å².